The van der Waals surface area contributed by atoms with Gasteiger partial charge in [-0.25, -0.2) is 0 Å². The molecule has 0 aromatic rings. The van der Waals surface area contributed by atoms with Crippen molar-refractivity contribution in [2.45, 2.75) is 32.3 Å². The largest absolute Gasteiger partial charge is 0.377 e. The molecule has 0 saturated carbocycles. The number of halogens is 2. The molecule has 1 heterocycles. The number of carbonyl (C=O) groups is 1. The number of alkyl halides is 2. The Morgan fingerprint density at radius 1 is 1.64 bits per heavy atom. The fourth-order valence-electron chi connectivity index (χ4n) is 1.65. The summed E-state index contributed by atoms with van der Waals surface area (Å²) in [5.41, 5.74) is 0. The molecule has 0 N–H and O–H groups in total. The molecule has 0 aliphatic carbocycles. The first kappa shape index (κ1) is 11.4. The quantitative estimate of drug-likeness (QED) is 0.697. The predicted molar refractivity (Wildman–Crippen MR) is 47.2 cm³/mol. The minimum atomic E-state index is -2.89. The van der Waals surface area contributed by atoms with E-state index in [1.807, 2.05) is 6.92 Å². The van der Waals surface area contributed by atoms with Crippen LogP contribution in [0.15, 0.2) is 0 Å². The third-order valence-corrected chi connectivity index (χ3v) is 2.28. The maximum atomic E-state index is 12.1. The second-order valence-electron chi connectivity index (χ2n) is 3.30. The van der Waals surface area contributed by atoms with Gasteiger partial charge in [-0.1, -0.05) is 0 Å². The number of rotatable bonds is 3. The Labute approximate surface area is 82.0 Å². The van der Waals surface area contributed by atoms with Crippen LogP contribution < -0.4 is 0 Å². The molecule has 0 radical (unpaired) electrons. The van der Waals surface area contributed by atoms with E-state index in [9.17, 15) is 13.6 Å². The lowest BCUT2D eigenvalue weighted by Crippen LogP contribution is -2.45. The second-order valence-corrected chi connectivity index (χ2v) is 3.30. The topological polar surface area (TPSA) is 29.5 Å². The first-order valence-corrected chi connectivity index (χ1v) is 4.83. The van der Waals surface area contributed by atoms with Gasteiger partial charge in [0.05, 0.1) is 6.10 Å². The van der Waals surface area contributed by atoms with Crippen molar-refractivity contribution in [2.75, 3.05) is 19.7 Å². The summed E-state index contributed by atoms with van der Waals surface area (Å²) in [4.78, 5) is 12.2. The minimum absolute atomic E-state index is 0.0727. The van der Waals surface area contributed by atoms with E-state index in [2.05, 4.69) is 0 Å². The molecule has 1 atom stereocenters. The number of piperidine rings is 1. The molecular weight excluding hydrogens is 192 g/mol. The highest BCUT2D eigenvalue weighted by atomic mass is 19.3. The van der Waals surface area contributed by atoms with E-state index < -0.39 is 12.3 Å². The molecular formula is C9H15F2NO2. The number of hydrogen-bond donors (Lipinski definition) is 0. The van der Waals surface area contributed by atoms with Crippen LogP contribution in [0.1, 0.15) is 19.8 Å². The highest BCUT2D eigenvalue weighted by Crippen LogP contribution is 2.15. The van der Waals surface area contributed by atoms with Gasteiger partial charge in [0.15, 0.2) is 0 Å². The molecule has 1 saturated heterocycles. The van der Waals surface area contributed by atoms with Gasteiger partial charge in [-0.3, -0.25) is 4.79 Å². The molecule has 82 valence electrons. The van der Waals surface area contributed by atoms with E-state index in [-0.39, 0.29) is 6.10 Å². The first-order valence-electron chi connectivity index (χ1n) is 4.83. The normalized spacial score (nSPS) is 22.9. The summed E-state index contributed by atoms with van der Waals surface area (Å²) >= 11 is 0. The molecule has 0 bridgehead atoms. The van der Waals surface area contributed by atoms with Gasteiger partial charge < -0.3 is 9.64 Å². The maximum absolute atomic E-state index is 12.1. The van der Waals surface area contributed by atoms with Gasteiger partial charge in [0, 0.05) is 19.7 Å². The molecule has 0 spiro atoms. The van der Waals surface area contributed by atoms with E-state index in [1.165, 1.54) is 4.90 Å². The van der Waals surface area contributed by atoms with Crippen LogP contribution in [-0.2, 0) is 9.53 Å². The van der Waals surface area contributed by atoms with Gasteiger partial charge in [-0.2, -0.15) is 8.78 Å². The number of likely N-dealkylation sites (tertiary alicyclic amines) is 1. The maximum Gasteiger partial charge on any atom is 0.315 e. The average Bonchev–Trinajstić information content (AvgIpc) is 2.17. The molecule has 1 unspecified atom stereocenters. The summed E-state index contributed by atoms with van der Waals surface area (Å²) < 4.78 is 29.5. The molecule has 1 rings (SSSR count). The van der Waals surface area contributed by atoms with Crippen molar-refractivity contribution in [1.82, 2.24) is 4.90 Å². The average molecular weight is 207 g/mol. The molecule has 1 amide bonds. The fourth-order valence-corrected chi connectivity index (χ4v) is 1.65. The highest BCUT2D eigenvalue weighted by Gasteiger charge is 2.28. The zero-order chi connectivity index (χ0) is 10.6. The Bertz CT molecular complexity index is 197. The SMILES string of the molecule is CCOC1CCCN(C(=O)C(F)F)C1. The van der Waals surface area contributed by atoms with Crippen LogP contribution in [0.25, 0.3) is 0 Å². The summed E-state index contributed by atoms with van der Waals surface area (Å²) in [6, 6.07) is 0. The molecule has 0 aromatic carbocycles. The number of ether oxygens (including phenoxy) is 1. The van der Waals surface area contributed by atoms with Crippen molar-refractivity contribution in [2.24, 2.45) is 0 Å². The summed E-state index contributed by atoms with van der Waals surface area (Å²) in [6.07, 6.45) is -1.38. The van der Waals surface area contributed by atoms with Crippen LogP contribution in [-0.4, -0.2) is 43.0 Å². The van der Waals surface area contributed by atoms with Crippen LogP contribution >= 0.6 is 0 Å². The highest BCUT2D eigenvalue weighted by molar-refractivity contribution is 5.79. The van der Waals surface area contributed by atoms with Crippen LogP contribution in [0, 0.1) is 0 Å². The Balaban J connectivity index is 2.43. The summed E-state index contributed by atoms with van der Waals surface area (Å²) in [5, 5.41) is 0. The van der Waals surface area contributed by atoms with Crippen molar-refractivity contribution in [3.05, 3.63) is 0 Å². The fraction of sp³-hybridized carbons (Fsp3) is 0.889. The van der Waals surface area contributed by atoms with Crippen LogP contribution in [0.4, 0.5) is 8.78 Å². The summed E-state index contributed by atoms with van der Waals surface area (Å²) in [5.74, 6) is -1.07. The molecule has 0 aromatic heterocycles. The van der Waals surface area contributed by atoms with Gasteiger partial charge in [-0.15, -0.1) is 0 Å². The van der Waals surface area contributed by atoms with Crippen LogP contribution in [0.3, 0.4) is 0 Å². The van der Waals surface area contributed by atoms with E-state index in [4.69, 9.17) is 4.74 Å². The third kappa shape index (κ3) is 2.90. The van der Waals surface area contributed by atoms with Crippen LogP contribution in [0.5, 0.6) is 0 Å². The molecule has 5 heteroatoms. The van der Waals surface area contributed by atoms with E-state index >= 15 is 0 Å². The predicted octanol–water partition coefficient (Wildman–Crippen LogP) is 1.28. The van der Waals surface area contributed by atoms with Crippen LogP contribution in [0.2, 0.25) is 0 Å². The number of carbonyl (C=O) groups excluding carboxylic acids is 1. The number of amides is 1. The summed E-state index contributed by atoms with van der Waals surface area (Å²) in [6.45, 7) is 3.14. The lowest BCUT2D eigenvalue weighted by atomic mass is 10.1. The molecule has 1 fully saturated rings. The second kappa shape index (κ2) is 5.24. The number of hydrogen-bond acceptors (Lipinski definition) is 2. The Morgan fingerprint density at radius 3 is 2.93 bits per heavy atom. The van der Waals surface area contributed by atoms with Gasteiger partial charge in [0.25, 0.3) is 5.91 Å². The lowest BCUT2D eigenvalue weighted by Gasteiger charge is -2.32. The first-order chi connectivity index (χ1) is 6.65. The Morgan fingerprint density at radius 2 is 2.36 bits per heavy atom. The van der Waals surface area contributed by atoms with Gasteiger partial charge in [0.1, 0.15) is 0 Å². The number of nitrogens with zero attached hydrogens (tertiary/aromatic N) is 1. The lowest BCUT2D eigenvalue weighted by molar-refractivity contribution is -0.146. The minimum Gasteiger partial charge on any atom is -0.377 e. The van der Waals surface area contributed by atoms with Crippen molar-refractivity contribution in [3.8, 4) is 0 Å². The van der Waals surface area contributed by atoms with Gasteiger partial charge >= 0.3 is 6.43 Å². The van der Waals surface area contributed by atoms with Gasteiger partial charge in [-0.05, 0) is 19.8 Å². The van der Waals surface area contributed by atoms with E-state index in [0.717, 1.165) is 12.8 Å². The van der Waals surface area contributed by atoms with Crippen molar-refractivity contribution < 1.29 is 18.3 Å². The monoisotopic (exact) mass is 207 g/mol. The Kier molecular flexibility index (Phi) is 4.25. The smallest absolute Gasteiger partial charge is 0.315 e. The van der Waals surface area contributed by atoms with Crippen molar-refractivity contribution in [1.29, 1.82) is 0 Å². The van der Waals surface area contributed by atoms with E-state index in [1.54, 1.807) is 0 Å². The molecule has 1 aliphatic rings. The van der Waals surface area contributed by atoms with Crippen molar-refractivity contribution in [3.63, 3.8) is 0 Å². The standard InChI is InChI=1S/C9H15F2NO2/c1-2-14-7-4-3-5-12(6-7)9(13)8(10)11/h7-8H,2-6H2,1H3. The summed E-state index contributed by atoms with van der Waals surface area (Å²) in [7, 11) is 0. The Hall–Kier alpha value is -0.710. The third-order valence-electron chi connectivity index (χ3n) is 2.28. The van der Waals surface area contributed by atoms with Crippen molar-refractivity contribution >= 4 is 5.91 Å². The van der Waals surface area contributed by atoms with E-state index in [0.29, 0.717) is 19.7 Å². The molecule has 14 heavy (non-hydrogen) atoms. The zero-order valence-corrected chi connectivity index (χ0v) is 8.21. The molecule has 3 nitrogen and oxygen atoms in total. The zero-order valence-electron chi connectivity index (χ0n) is 8.21. The van der Waals surface area contributed by atoms with Gasteiger partial charge in [0.2, 0.25) is 0 Å². The molecule has 1 aliphatic heterocycles.